The summed E-state index contributed by atoms with van der Waals surface area (Å²) >= 11 is 0. The molecule has 2 aromatic rings. The van der Waals surface area contributed by atoms with E-state index in [0.29, 0.717) is 29.3 Å². The van der Waals surface area contributed by atoms with Gasteiger partial charge < -0.3 is 10.6 Å². The van der Waals surface area contributed by atoms with Crippen molar-refractivity contribution in [2.75, 3.05) is 25.0 Å². The third-order valence-corrected chi connectivity index (χ3v) is 5.59. The highest BCUT2D eigenvalue weighted by atomic mass is 16.2. The zero-order chi connectivity index (χ0) is 21.5. The van der Waals surface area contributed by atoms with E-state index in [9.17, 15) is 9.59 Å². The molecule has 1 saturated heterocycles. The monoisotopic (exact) mass is 407 g/mol. The van der Waals surface area contributed by atoms with Gasteiger partial charge in [0.2, 0.25) is 0 Å². The number of carbonyl (C=O) groups is 2. The molecular weight excluding hydrogens is 374 g/mol. The van der Waals surface area contributed by atoms with Gasteiger partial charge in [-0.15, -0.1) is 0 Å². The van der Waals surface area contributed by atoms with Crippen LogP contribution in [0.1, 0.15) is 59.9 Å². The van der Waals surface area contributed by atoms with Crippen LogP contribution in [0.15, 0.2) is 48.5 Å². The maximum Gasteiger partial charge on any atom is 0.255 e. The Morgan fingerprint density at radius 1 is 1.00 bits per heavy atom. The Hall–Kier alpha value is -2.66. The fourth-order valence-corrected chi connectivity index (χ4v) is 3.62. The predicted octanol–water partition coefficient (Wildman–Crippen LogP) is 4.56. The van der Waals surface area contributed by atoms with E-state index in [2.05, 4.69) is 22.5 Å². The van der Waals surface area contributed by atoms with Crippen LogP contribution in [-0.4, -0.2) is 36.3 Å². The van der Waals surface area contributed by atoms with E-state index in [-0.39, 0.29) is 11.8 Å². The second-order valence-electron chi connectivity index (χ2n) is 8.76. The molecule has 1 fully saturated rings. The first-order valence-electron chi connectivity index (χ1n) is 10.9. The van der Waals surface area contributed by atoms with Crippen molar-refractivity contribution in [2.24, 2.45) is 11.8 Å². The Morgan fingerprint density at radius 3 is 2.33 bits per heavy atom. The minimum absolute atomic E-state index is 0.175. The SMILES string of the molecule is CC(C)CNC(=O)c1ccccc1NC(=O)c1ccc(CN2CCC(C)CC2)cc1. The Labute approximate surface area is 179 Å². The van der Waals surface area contributed by atoms with Gasteiger partial charge in [-0.25, -0.2) is 0 Å². The minimum Gasteiger partial charge on any atom is -0.352 e. The predicted molar refractivity (Wildman–Crippen MR) is 122 cm³/mol. The summed E-state index contributed by atoms with van der Waals surface area (Å²) < 4.78 is 0. The first-order chi connectivity index (χ1) is 14.4. The molecule has 160 valence electrons. The van der Waals surface area contributed by atoms with Gasteiger partial charge >= 0.3 is 0 Å². The molecule has 0 unspecified atom stereocenters. The van der Waals surface area contributed by atoms with Crippen LogP contribution in [0, 0.1) is 11.8 Å². The molecule has 1 heterocycles. The average Bonchev–Trinajstić information content (AvgIpc) is 2.74. The normalized spacial score (nSPS) is 15.2. The van der Waals surface area contributed by atoms with Gasteiger partial charge in [0.1, 0.15) is 0 Å². The molecule has 2 N–H and O–H groups in total. The number of piperidine rings is 1. The average molecular weight is 408 g/mol. The smallest absolute Gasteiger partial charge is 0.255 e. The largest absolute Gasteiger partial charge is 0.352 e. The summed E-state index contributed by atoms with van der Waals surface area (Å²) in [6, 6.07) is 14.9. The Morgan fingerprint density at radius 2 is 1.67 bits per heavy atom. The van der Waals surface area contributed by atoms with Gasteiger partial charge in [-0.05, 0) is 67.6 Å². The highest BCUT2D eigenvalue weighted by Gasteiger charge is 2.17. The van der Waals surface area contributed by atoms with Crippen molar-refractivity contribution in [1.82, 2.24) is 10.2 Å². The first kappa shape index (κ1) is 22.0. The first-order valence-corrected chi connectivity index (χ1v) is 10.9. The fraction of sp³-hybridized carbons (Fsp3) is 0.440. The van der Waals surface area contributed by atoms with Crippen LogP contribution >= 0.6 is 0 Å². The summed E-state index contributed by atoms with van der Waals surface area (Å²) in [5.41, 5.74) is 2.80. The molecular formula is C25H33N3O2. The molecule has 2 aromatic carbocycles. The lowest BCUT2D eigenvalue weighted by molar-refractivity contribution is 0.0950. The molecule has 1 aliphatic rings. The fourth-order valence-electron chi connectivity index (χ4n) is 3.62. The summed E-state index contributed by atoms with van der Waals surface area (Å²) in [5.74, 6) is 0.800. The van der Waals surface area contributed by atoms with E-state index in [1.807, 2.05) is 44.2 Å². The zero-order valence-electron chi connectivity index (χ0n) is 18.3. The maximum absolute atomic E-state index is 12.7. The van der Waals surface area contributed by atoms with Crippen molar-refractivity contribution in [3.05, 3.63) is 65.2 Å². The topological polar surface area (TPSA) is 61.4 Å². The van der Waals surface area contributed by atoms with E-state index in [1.165, 1.54) is 18.4 Å². The van der Waals surface area contributed by atoms with Crippen molar-refractivity contribution in [3.8, 4) is 0 Å². The molecule has 0 spiro atoms. The van der Waals surface area contributed by atoms with Crippen molar-refractivity contribution in [1.29, 1.82) is 0 Å². The molecule has 1 aliphatic heterocycles. The number of nitrogens with zero attached hydrogens (tertiary/aromatic N) is 1. The molecule has 0 aromatic heterocycles. The number of amides is 2. The second kappa shape index (κ2) is 10.4. The molecule has 0 aliphatic carbocycles. The molecule has 5 nitrogen and oxygen atoms in total. The number of rotatable bonds is 7. The molecule has 5 heteroatoms. The van der Waals surface area contributed by atoms with E-state index in [4.69, 9.17) is 0 Å². The number of likely N-dealkylation sites (tertiary alicyclic amines) is 1. The number of nitrogens with one attached hydrogen (secondary N) is 2. The number of benzene rings is 2. The van der Waals surface area contributed by atoms with E-state index >= 15 is 0 Å². The van der Waals surface area contributed by atoms with Crippen LogP contribution in [0.5, 0.6) is 0 Å². The van der Waals surface area contributed by atoms with Crippen LogP contribution in [0.3, 0.4) is 0 Å². The lowest BCUT2D eigenvalue weighted by Gasteiger charge is -2.30. The summed E-state index contributed by atoms with van der Waals surface area (Å²) in [6.45, 7) is 10.2. The summed E-state index contributed by atoms with van der Waals surface area (Å²) in [4.78, 5) is 27.7. The van der Waals surface area contributed by atoms with Crippen LogP contribution in [0.4, 0.5) is 5.69 Å². The number of hydrogen-bond acceptors (Lipinski definition) is 3. The molecule has 2 amide bonds. The molecule has 0 radical (unpaired) electrons. The summed E-state index contributed by atoms with van der Waals surface area (Å²) in [6.07, 6.45) is 2.51. The van der Waals surface area contributed by atoms with Gasteiger partial charge in [0, 0.05) is 18.7 Å². The van der Waals surface area contributed by atoms with Gasteiger partial charge in [-0.2, -0.15) is 0 Å². The van der Waals surface area contributed by atoms with Gasteiger partial charge in [0.15, 0.2) is 0 Å². The Balaban J connectivity index is 1.61. The van der Waals surface area contributed by atoms with E-state index in [1.54, 1.807) is 18.2 Å². The third-order valence-electron chi connectivity index (χ3n) is 5.59. The van der Waals surface area contributed by atoms with Crippen molar-refractivity contribution in [3.63, 3.8) is 0 Å². The number of para-hydroxylation sites is 1. The van der Waals surface area contributed by atoms with Crippen LogP contribution in [-0.2, 0) is 6.54 Å². The van der Waals surface area contributed by atoms with Crippen molar-refractivity contribution in [2.45, 2.75) is 40.2 Å². The number of hydrogen-bond donors (Lipinski definition) is 2. The second-order valence-corrected chi connectivity index (χ2v) is 8.76. The van der Waals surface area contributed by atoms with Crippen molar-refractivity contribution < 1.29 is 9.59 Å². The van der Waals surface area contributed by atoms with Crippen LogP contribution in [0.25, 0.3) is 0 Å². The standard InChI is InChI=1S/C25H33N3O2/c1-18(2)16-26-25(30)22-6-4-5-7-23(22)27-24(29)21-10-8-20(9-11-21)17-28-14-12-19(3)13-15-28/h4-11,18-19H,12-17H2,1-3H3,(H,26,30)(H,27,29). The molecule has 30 heavy (non-hydrogen) atoms. The van der Waals surface area contributed by atoms with E-state index < -0.39 is 0 Å². The highest BCUT2D eigenvalue weighted by molar-refractivity contribution is 6.09. The Bertz CT molecular complexity index is 853. The Kier molecular flexibility index (Phi) is 7.63. The molecule has 0 saturated carbocycles. The van der Waals surface area contributed by atoms with E-state index in [0.717, 1.165) is 25.6 Å². The zero-order valence-corrected chi connectivity index (χ0v) is 18.3. The third kappa shape index (κ3) is 6.17. The van der Waals surface area contributed by atoms with Crippen molar-refractivity contribution >= 4 is 17.5 Å². The van der Waals surface area contributed by atoms with Gasteiger partial charge in [0.25, 0.3) is 11.8 Å². The van der Waals surface area contributed by atoms with Crippen LogP contribution < -0.4 is 10.6 Å². The quantitative estimate of drug-likeness (QED) is 0.707. The lowest BCUT2D eigenvalue weighted by atomic mass is 9.99. The van der Waals surface area contributed by atoms with Gasteiger partial charge in [-0.3, -0.25) is 14.5 Å². The highest BCUT2D eigenvalue weighted by Crippen LogP contribution is 2.19. The van der Waals surface area contributed by atoms with Gasteiger partial charge in [-0.1, -0.05) is 45.0 Å². The summed E-state index contributed by atoms with van der Waals surface area (Å²) in [7, 11) is 0. The van der Waals surface area contributed by atoms with Crippen LogP contribution in [0.2, 0.25) is 0 Å². The minimum atomic E-state index is -0.211. The maximum atomic E-state index is 12.7. The molecule has 0 bridgehead atoms. The van der Waals surface area contributed by atoms with Gasteiger partial charge in [0.05, 0.1) is 11.3 Å². The number of anilines is 1. The molecule has 0 atom stereocenters. The lowest BCUT2D eigenvalue weighted by Crippen LogP contribution is -2.32. The molecule has 3 rings (SSSR count). The summed E-state index contributed by atoms with van der Waals surface area (Å²) in [5, 5.41) is 5.80. The number of carbonyl (C=O) groups excluding carboxylic acids is 2.